The van der Waals surface area contributed by atoms with Crippen LogP contribution in [-0.4, -0.2) is 47.9 Å². The van der Waals surface area contributed by atoms with Gasteiger partial charge in [0.2, 0.25) is 0 Å². The molecular formula is C21H30IN3O4S. The van der Waals surface area contributed by atoms with E-state index in [-0.39, 0.29) is 35.5 Å². The van der Waals surface area contributed by atoms with Gasteiger partial charge in [-0.3, -0.25) is 4.99 Å². The van der Waals surface area contributed by atoms with Crippen molar-refractivity contribution in [3.63, 3.8) is 0 Å². The lowest BCUT2D eigenvalue weighted by molar-refractivity contribution is 0.390. The summed E-state index contributed by atoms with van der Waals surface area (Å²) in [4.78, 5) is 4.17. The second kappa shape index (κ2) is 13.3. The maximum absolute atomic E-state index is 12.2. The van der Waals surface area contributed by atoms with Gasteiger partial charge < -0.3 is 20.1 Å². The zero-order chi connectivity index (χ0) is 21.1. The van der Waals surface area contributed by atoms with E-state index in [1.807, 2.05) is 48.5 Å². The van der Waals surface area contributed by atoms with Crippen molar-refractivity contribution in [2.75, 3.05) is 33.6 Å². The van der Waals surface area contributed by atoms with Crippen LogP contribution in [0.15, 0.2) is 53.5 Å². The van der Waals surface area contributed by atoms with Crippen LogP contribution in [0, 0.1) is 0 Å². The van der Waals surface area contributed by atoms with E-state index in [1.165, 1.54) is 0 Å². The highest BCUT2D eigenvalue weighted by molar-refractivity contribution is 14.0. The summed E-state index contributed by atoms with van der Waals surface area (Å²) in [5, 5.41) is 6.35. The van der Waals surface area contributed by atoms with Crippen LogP contribution in [0.3, 0.4) is 0 Å². The summed E-state index contributed by atoms with van der Waals surface area (Å²) in [7, 11) is 1.76. The van der Waals surface area contributed by atoms with Crippen molar-refractivity contribution in [3.05, 3.63) is 59.7 Å². The van der Waals surface area contributed by atoms with Gasteiger partial charge in [-0.25, -0.2) is 8.42 Å². The van der Waals surface area contributed by atoms with Gasteiger partial charge in [-0.15, -0.1) is 24.0 Å². The van der Waals surface area contributed by atoms with Gasteiger partial charge in [-0.05, 0) is 24.1 Å². The molecule has 0 saturated carbocycles. The zero-order valence-corrected chi connectivity index (χ0v) is 20.7. The molecular weight excluding hydrogens is 517 g/mol. The SMILES string of the molecule is CN=C(NCCCS(=O)(=O)Cc1ccccc1)NCc1ccc(OC)cc1OC.I. The van der Waals surface area contributed by atoms with Crippen LogP contribution in [0.5, 0.6) is 11.5 Å². The number of hydrogen-bond donors (Lipinski definition) is 2. The molecule has 0 aliphatic heterocycles. The van der Waals surface area contributed by atoms with Crippen LogP contribution in [0.4, 0.5) is 0 Å². The van der Waals surface area contributed by atoms with Gasteiger partial charge in [0.1, 0.15) is 11.5 Å². The van der Waals surface area contributed by atoms with Gasteiger partial charge in [0, 0.05) is 31.8 Å². The van der Waals surface area contributed by atoms with Gasteiger partial charge in [0.25, 0.3) is 0 Å². The predicted molar refractivity (Wildman–Crippen MR) is 132 cm³/mol. The quantitative estimate of drug-likeness (QED) is 0.206. The average molecular weight is 547 g/mol. The van der Waals surface area contributed by atoms with E-state index in [2.05, 4.69) is 15.6 Å². The third-order valence-electron chi connectivity index (χ3n) is 4.32. The van der Waals surface area contributed by atoms with Gasteiger partial charge >= 0.3 is 0 Å². The number of hydrogen-bond acceptors (Lipinski definition) is 5. The van der Waals surface area contributed by atoms with Gasteiger partial charge in [0.05, 0.1) is 25.7 Å². The number of aliphatic imine (C=N–C) groups is 1. The summed E-state index contributed by atoms with van der Waals surface area (Å²) in [6.45, 7) is 1.02. The van der Waals surface area contributed by atoms with Crippen molar-refractivity contribution < 1.29 is 17.9 Å². The van der Waals surface area contributed by atoms with E-state index in [1.54, 1.807) is 21.3 Å². The number of sulfone groups is 1. The molecule has 0 fully saturated rings. The third kappa shape index (κ3) is 8.78. The molecule has 9 heteroatoms. The van der Waals surface area contributed by atoms with Crippen molar-refractivity contribution >= 4 is 39.8 Å². The Bertz CT molecular complexity index is 906. The van der Waals surface area contributed by atoms with E-state index in [0.29, 0.717) is 25.5 Å². The van der Waals surface area contributed by atoms with Gasteiger partial charge in [-0.1, -0.05) is 30.3 Å². The second-order valence-electron chi connectivity index (χ2n) is 6.46. The number of nitrogens with one attached hydrogen (secondary N) is 2. The molecule has 2 rings (SSSR count). The molecule has 0 heterocycles. The Balaban J connectivity index is 0.00000450. The first kappa shape index (κ1) is 26.0. The first-order valence-corrected chi connectivity index (χ1v) is 11.2. The Kier molecular flexibility index (Phi) is 11.6. The highest BCUT2D eigenvalue weighted by Gasteiger charge is 2.12. The minimum Gasteiger partial charge on any atom is -0.497 e. The first-order chi connectivity index (χ1) is 14.0. The smallest absolute Gasteiger partial charge is 0.191 e. The fourth-order valence-corrected chi connectivity index (χ4v) is 4.23. The van der Waals surface area contributed by atoms with Crippen molar-refractivity contribution in [3.8, 4) is 11.5 Å². The molecule has 2 aromatic rings. The minimum atomic E-state index is -3.14. The van der Waals surface area contributed by atoms with Crippen molar-refractivity contribution in [2.45, 2.75) is 18.7 Å². The molecule has 0 spiro atoms. The number of halogens is 1. The summed E-state index contributed by atoms with van der Waals surface area (Å²) < 4.78 is 35.1. The van der Waals surface area contributed by atoms with Gasteiger partial charge in [0.15, 0.2) is 15.8 Å². The molecule has 0 aliphatic carbocycles. The van der Waals surface area contributed by atoms with Gasteiger partial charge in [-0.2, -0.15) is 0 Å². The number of benzene rings is 2. The van der Waals surface area contributed by atoms with Crippen LogP contribution < -0.4 is 20.1 Å². The summed E-state index contributed by atoms with van der Waals surface area (Å²) in [5.41, 5.74) is 1.77. The lowest BCUT2D eigenvalue weighted by atomic mass is 10.2. The molecule has 0 saturated heterocycles. The highest BCUT2D eigenvalue weighted by Crippen LogP contribution is 2.24. The Morgan fingerprint density at radius 3 is 2.40 bits per heavy atom. The molecule has 0 radical (unpaired) electrons. The fourth-order valence-electron chi connectivity index (χ4n) is 2.80. The van der Waals surface area contributed by atoms with E-state index in [0.717, 1.165) is 22.6 Å². The van der Waals surface area contributed by atoms with Crippen LogP contribution in [0.2, 0.25) is 0 Å². The minimum absolute atomic E-state index is 0. The Morgan fingerprint density at radius 2 is 1.77 bits per heavy atom. The summed E-state index contributed by atoms with van der Waals surface area (Å²) in [6.07, 6.45) is 0.502. The molecule has 0 unspecified atom stereocenters. The fraction of sp³-hybridized carbons (Fsp3) is 0.381. The summed E-state index contributed by atoms with van der Waals surface area (Å²) in [6, 6.07) is 14.8. The largest absolute Gasteiger partial charge is 0.497 e. The highest BCUT2D eigenvalue weighted by atomic mass is 127. The number of ether oxygens (including phenoxy) is 2. The number of guanidine groups is 1. The maximum Gasteiger partial charge on any atom is 0.191 e. The molecule has 0 atom stereocenters. The molecule has 166 valence electrons. The molecule has 7 nitrogen and oxygen atoms in total. The number of methoxy groups -OCH3 is 2. The van der Waals surface area contributed by atoms with E-state index >= 15 is 0 Å². The standard InChI is InChI=1S/C21H29N3O4S.HI/c1-22-21(24-15-18-10-11-19(27-2)14-20(18)28-3)23-12-7-13-29(25,26)16-17-8-5-4-6-9-17;/h4-6,8-11,14H,7,12-13,15-16H2,1-3H3,(H2,22,23,24);1H. The lowest BCUT2D eigenvalue weighted by Crippen LogP contribution is -2.37. The Labute approximate surface area is 196 Å². The lowest BCUT2D eigenvalue weighted by Gasteiger charge is -2.14. The molecule has 0 aromatic heterocycles. The van der Waals surface area contributed by atoms with E-state index < -0.39 is 9.84 Å². The zero-order valence-electron chi connectivity index (χ0n) is 17.6. The number of rotatable bonds is 10. The topological polar surface area (TPSA) is 89.0 Å². The molecule has 0 bridgehead atoms. The Hall–Kier alpha value is -2.01. The maximum atomic E-state index is 12.2. The molecule has 2 aromatic carbocycles. The van der Waals surface area contributed by atoms with E-state index in [4.69, 9.17) is 9.47 Å². The van der Waals surface area contributed by atoms with Crippen LogP contribution in [-0.2, 0) is 22.1 Å². The average Bonchev–Trinajstić information content (AvgIpc) is 2.73. The monoisotopic (exact) mass is 547 g/mol. The Morgan fingerprint density at radius 1 is 1.03 bits per heavy atom. The van der Waals surface area contributed by atoms with Crippen LogP contribution >= 0.6 is 24.0 Å². The third-order valence-corrected chi connectivity index (χ3v) is 6.00. The van der Waals surface area contributed by atoms with Crippen LogP contribution in [0.25, 0.3) is 0 Å². The molecule has 0 amide bonds. The normalized spacial score (nSPS) is 11.4. The van der Waals surface area contributed by atoms with E-state index in [9.17, 15) is 8.42 Å². The predicted octanol–water partition coefficient (Wildman–Crippen LogP) is 2.99. The molecule has 30 heavy (non-hydrogen) atoms. The second-order valence-corrected chi connectivity index (χ2v) is 8.65. The number of nitrogens with zero attached hydrogens (tertiary/aromatic N) is 1. The van der Waals surface area contributed by atoms with Crippen molar-refractivity contribution in [2.24, 2.45) is 4.99 Å². The van der Waals surface area contributed by atoms with Crippen LogP contribution in [0.1, 0.15) is 17.5 Å². The molecule has 2 N–H and O–H groups in total. The first-order valence-electron chi connectivity index (χ1n) is 9.37. The summed E-state index contributed by atoms with van der Waals surface area (Å²) in [5.74, 6) is 2.24. The summed E-state index contributed by atoms with van der Waals surface area (Å²) >= 11 is 0. The van der Waals surface area contributed by atoms with Crippen molar-refractivity contribution in [1.82, 2.24) is 10.6 Å². The molecule has 0 aliphatic rings. The van der Waals surface area contributed by atoms with Crippen molar-refractivity contribution in [1.29, 1.82) is 0 Å².